The quantitative estimate of drug-likeness (QED) is 0.587. The number of nitrogens with zero attached hydrogens (tertiary/aromatic N) is 1. The van der Waals surface area contributed by atoms with Crippen LogP contribution in [0.5, 0.6) is 0 Å². The number of rotatable bonds is 4. The molecule has 2 saturated heterocycles. The van der Waals surface area contributed by atoms with Crippen molar-refractivity contribution in [1.82, 2.24) is 5.32 Å². The van der Waals surface area contributed by atoms with Gasteiger partial charge in [-0.05, 0) is 43.1 Å². The molecule has 0 spiro atoms. The second kappa shape index (κ2) is 7.11. The molecule has 0 aliphatic carbocycles. The highest BCUT2D eigenvalue weighted by atomic mass is 32.2. The number of guanidine groups is 1. The second-order valence-electron chi connectivity index (χ2n) is 4.80. The monoisotopic (exact) mass is 257 g/mol. The van der Waals surface area contributed by atoms with Gasteiger partial charge in [-0.3, -0.25) is 4.99 Å². The van der Waals surface area contributed by atoms with Crippen LogP contribution < -0.4 is 11.1 Å². The Bertz CT molecular complexity index is 248. The van der Waals surface area contributed by atoms with Crippen LogP contribution in [-0.4, -0.2) is 43.3 Å². The third-order valence-corrected chi connectivity index (χ3v) is 4.44. The predicted molar refractivity (Wildman–Crippen MR) is 73.5 cm³/mol. The van der Waals surface area contributed by atoms with Crippen LogP contribution in [0.4, 0.5) is 0 Å². The minimum atomic E-state index is 0.329. The van der Waals surface area contributed by atoms with Crippen molar-refractivity contribution in [3.63, 3.8) is 0 Å². The summed E-state index contributed by atoms with van der Waals surface area (Å²) in [6, 6.07) is 0. The summed E-state index contributed by atoms with van der Waals surface area (Å²) in [5, 5.41) is 3.16. The van der Waals surface area contributed by atoms with E-state index in [1.54, 1.807) is 0 Å². The highest BCUT2D eigenvalue weighted by molar-refractivity contribution is 7.99. The maximum Gasteiger partial charge on any atom is 0.188 e. The van der Waals surface area contributed by atoms with Gasteiger partial charge in [-0.2, -0.15) is 11.8 Å². The van der Waals surface area contributed by atoms with Crippen LogP contribution >= 0.6 is 11.8 Å². The van der Waals surface area contributed by atoms with Crippen molar-refractivity contribution in [3.8, 4) is 0 Å². The topological polar surface area (TPSA) is 59.6 Å². The SMILES string of the molecule is NC(=NCC1CCSCC1)NCC1CCCO1. The molecule has 2 heterocycles. The second-order valence-corrected chi connectivity index (χ2v) is 6.02. The lowest BCUT2D eigenvalue weighted by Crippen LogP contribution is -2.37. The van der Waals surface area contributed by atoms with Crippen molar-refractivity contribution in [2.75, 3.05) is 31.2 Å². The van der Waals surface area contributed by atoms with Crippen molar-refractivity contribution in [2.45, 2.75) is 31.8 Å². The molecule has 2 fully saturated rings. The average Bonchev–Trinajstić information content (AvgIpc) is 2.88. The van der Waals surface area contributed by atoms with E-state index in [0.29, 0.717) is 12.1 Å². The normalized spacial score (nSPS) is 27.3. The largest absolute Gasteiger partial charge is 0.376 e. The standard InChI is InChI=1S/C12H23N3OS/c13-12(15-9-11-2-1-5-16-11)14-8-10-3-6-17-7-4-10/h10-11H,1-9H2,(H3,13,14,15). The smallest absolute Gasteiger partial charge is 0.188 e. The zero-order valence-electron chi connectivity index (χ0n) is 10.4. The van der Waals surface area contributed by atoms with Gasteiger partial charge in [0.25, 0.3) is 0 Å². The van der Waals surface area contributed by atoms with Crippen LogP contribution in [0.3, 0.4) is 0 Å². The molecule has 4 nitrogen and oxygen atoms in total. The summed E-state index contributed by atoms with van der Waals surface area (Å²) in [5.74, 6) is 3.88. The third kappa shape index (κ3) is 4.76. The van der Waals surface area contributed by atoms with E-state index in [1.165, 1.54) is 30.8 Å². The van der Waals surface area contributed by atoms with E-state index in [2.05, 4.69) is 10.3 Å². The lowest BCUT2D eigenvalue weighted by Gasteiger charge is -2.19. The van der Waals surface area contributed by atoms with Gasteiger partial charge in [0, 0.05) is 19.7 Å². The minimum Gasteiger partial charge on any atom is -0.376 e. The number of nitrogens with two attached hydrogens (primary N) is 1. The number of thioether (sulfide) groups is 1. The van der Waals surface area contributed by atoms with E-state index in [-0.39, 0.29) is 0 Å². The number of ether oxygens (including phenoxy) is 1. The third-order valence-electron chi connectivity index (χ3n) is 3.40. The molecule has 98 valence electrons. The van der Waals surface area contributed by atoms with Crippen molar-refractivity contribution >= 4 is 17.7 Å². The van der Waals surface area contributed by atoms with Crippen LogP contribution in [0.15, 0.2) is 4.99 Å². The van der Waals surface area contributed by atoms with Crippen molar-refractivity contribution in [1.29, 1.82) is 0 Å². The molecule has 0 amide bonds. The molecule has 3 N–H and O–H groups in total. The van der Waals surface area contributed by atoms with E-state index >= 15 is 0 Å². The van der Waals surface area contributed by atoms with E-state index < -0.39 is 0 Å². The maximum absolute atomic E-state index is 5.85. The van der Waals surface area contributed by atoms with Gasteiger partial charge in [-0.25, -0.2) is 0 Å². The molecular formula is C12H23N3OS. The summed E-state index contributed by atoms with van der Waals surface area (Å²) in [5.41, 5.74) is 5.85. The average molecular weight is 257 g/mol. The fraction of sp³-hybridized carbons (Fsp3) is 0.917. The fourth-order valence-corrected chi connectivity index (χ4v) is 3.44. The Labute approximate surface area is 108 Å². The molecule has 1 atom stereocenters. The number of hydrogen-bond acceptors (Lipinski definition) is 3. The zero-order chi connectivity index (χ0) is 11.9. The Morgan fingerprint density at radius 2 is 2.18 bits per heavy atom. The highest BCUT2D eigenvalue weighted by Gasteiger charge is 2.15. The zero-order valence-corrected chi connectivity index (χ0v) is 11.2. The van der Waals surface area contributed by atoms with Crippen LogP contribution in [0.1, 0.15) is 25.7 Å². The van der Waals surface area contributed by atoms with Gasteiger partial charge in [0.1, 0.15) is 0 Å². The maximum atomic E-state index is 5.85. The molecule has 0 aromatic carbocycles. The first kappa shape index (κ1) is 13.0. The van der Waals surface area contributed by atoms with Crippen molar-refractivity contribution in [2.24, 2.45) is 16.6 Å². The van der Waals surface area contributed by atoms with Gasteiger partial charge in [0.15, 0.2) is 5.96 Å². The molecule has 0 saturated carbocycles. The first-order valence-corrected chi connectivity index (χ1v) is 7.73. The molecule has 0 radical (unpaired) electrons. The van der Waals surface area contributed by atoms with Crippen molar-refractivity contribution in [3.05, 3.63) is 0 Å². The Balaban J connectivity index is 1.61. The first-order chi connectivity index (χ1) is 8.34. The Morgan fingerprint density at radius 1 is 1.35 bits per heavy atom. The van der Waals surface area contributed by atoms with E-state index in [9.17, 15) is 0 Å². The minimum absolute atomic E-state index is 0.329. The van der Waals surface area contributed by atoms with Crippen LogP contribution in [-0.2, 0) is 4.74 Å². The van der Waals surface area contributed by atoms with Gasteiger partial charge in [0.2, 0.25) is 0 Å². The Kier molecular flexibility index (Phi) is 5.45. The summed E-state index contributed by atoms with van der Waals surface area (Å²) in [6.45, 7) is 2.57. The van der Waals surface area contributed by atoms with Crippen LogP contribution in [0.2, 0.25) is 0 Å². The van der Waals surface area contributed by atoms with E-state index in [1.807, 2.05) is 11.8 Å². The molecule has 1 unspecified atom stereocenters. The van der Waals surface area contributed by atoms with E-state index in [0.717, 1.165) is 32.0 Å². The molecule has 2 rings (SSSR count). The molecule has 2 aliphatic heterocycles. The summed E-state index contributed by atoms with van der Waals surface area (Å²) in [4.78, 5) is 4.43. The van der Waals surface area contributed by atoms with Crippen LogP contribution in [0, 0.1) is 5.92 Å². The number of nitrogens with one attached hydrogen (secondary N) is 1. The first-order valence-electron chi connectivity index (χ1n) is 6.58. The summed E-state index contributed by atoms with van der Waals surface area (Å²) >= 11 is 2.05. The van der Waals surface area contributed by atoms with Gasteiger partial charge < -0.3 is 15.8 Å². The molecule has 5 heteroatoms. The molecule has 0 aromatic heterocycles. The van der Waals surface area contributed by atoms with Gasteiger partial charge in [-0.1, -0.05) is 0 Å². The lowest BCUT2D eigenvalue weighted by molar-refractivity contribution is 0.114. The highest BCUT2D eigenvalue weighted by Crippen LogP contribution is 2.22. The van der Waals surface area contributed by atoms with E-state index in [4.69, 9.17) is 10.5 Å². The predicted octanol–water partition coefficient (Wildman–Crippen LogP) is 1.21. The summed E-state index contributed by atoms with van der Waals surface area (Å²) in [6.07, 6.45) is 5.21. The fourth-order valence-electron chi connectivity index (χ4n) is 2.24. The molecular weight excluding hydrogens is 234 g/mol. The Morgan fingerprint density at radius 3 is 2.88 bits per heavy atom. The number of hydrogen-bond donors (Lipinski definition) is 2. The molecule has 0 aromatic rings. The lowest BCUT2D eigenvalue weighted by atomic mass is 10.0. The summed E-state index contributed by atoms with van der Waals surface area (Å²) < 4.78 is 5.52. The number of aliphatic imine (C=N–C) groups is 1. The van der Waals surface area contributed by atoms with Crippen LogP contribution in [0.25, 0.3) is 0 Å². The molecule has 2 aliphatic rings. The Hall–Kier alpha value is -0.420. The molecule has 0 bridgehead atoms. The van der Waals surface area contributed by atoms with Gasteiger partial charge in [-0.15, -0.1) is 0 Å². The van der Waals surface area contributed by atoms with Crippen molar-refractivity contribution < 1.29 is 4.74 Å². The van der Waals surface area contributed by atoms with Gasteiger partial charge in [0.05, 0.1) is 6.10 Å². The summed E-state index contributed by atoms with van der Waals surface area (Å²) in [7, 11) is 0. The molecule has 17 heavy (non-hydrogen) atoms. The van der Waals surface area contributed by atoms with Gasteiger partial charge >= 0.3 is 0 Å².